The molecule has 7 heteroatoms. The van der Waals surface area contributed by atoms with Gasteiger partial charge >= 0.3 is 0 Å². The van der Waals surface area contributed by atoms with Gasteiger partial charge in [0.05, 0.1) is 22.7 Å². The minimum Gasteiger partial charge on any atom is -0.378 e. The molecule has 0 radical (unpaired) electrons. The molecule has 1 heterocycles. The number of carbonyl (C=O) groups excluding carboxylic acids is 1. The molecule has 180 valence electrons. The van der Waals surface area contributed by atoms with Gasteiger partial charge in [0.15, 0.2) is 5.16 Å². The number of anilines is 1. The molecule has 0 spiro atoms. The van der Waals surface area contributed by atoms with E-state index in [0.717, 1.165) is 16.8 Å². The van der Waals surface area contributed by atoms with Crippen molar-refractivity contribution in [3.63, 3.8) is 0 Å². The molecule has 6 nitrogen and oxygen atoms in total. The van der Waals surface area contributed by atoms with Crippen molar-refractivity contribution in [3.05, 3.63) is 100 Å². The lowest BCUT2D eigenvalue weighted by Crippen LogP contribution is -2.30. The summed E-state index contributed by atoms with van der Waals surface area (Å²) in [7, 11) is 5.80. The fourth-order valence-electron chi connectivity index (χ4n) is 3.95. The van der Waals surface area contributed by atoms with Gasteiger partial charge in [-0.3, -0.25) is 14.2 Å². The molecule has 0 saturated heterocycles. The van der Waals surface area contributed by atoms with Crippen LogP contribution in [0.3, 0.4) is 0 Å². The molecule has 35 heavy (non-hydrogen) atoms. The van der Waals surface area contributed by atoms with Crippen LogP contribution in [0.15, 0.2) is 88.8 Å². The van der Waals surface area contributed by atoms with Gasteiger partial charge in [0.2, 0.25) is 5.91 Å². The zero-order chi connectivity index (χ0) is 24.9. The summed E-state index contributed by atoms with van der Waals surface area (Å²) < 4.78 is 1.70. The van der Waals surface area contributed by atoms with Crippen LogP contribution in [0.4, 0.5) is 5.69 Å². The van der Waals surface area contributed by atoms with Crippen molar-refractivity contribution >= 4 is 34.3 Å². The lowest BCUT2D eigenvalue weighted by atomic mass is 10.1. The Bertz CT molecular complexity index is 1370. The Balaban J connectivity index is 1.56. The average molecular weight is 487 g/mol. The second kappa shape index (κ2) is 10.8. The average Bonchev–Trinajstić information content (AvgIpc) is 2.87. The summed E-state index contributed by atoms with van der Waals surface area (Å²) >= 11 is 1.31. The van der Waals surface area contributed by atoms with Gasteiger partial charge < -0.3 is 9.80 Å². The van der Waals surface area contributed by atoms with Gasteiger partial charge in [-0.25, -0.2) is 4.98 Å². The van der Waals surface area contributed by atoms with Crippen LogP contribution < -0.4 is 10.5 Å². The molecule has 0 aliphatic heterocycles. The quantitative estimate of drug-likeness (QED) is 0.264. The first-order valence-corrected chi connectivity index (χ1v) is 12.5. The highest BCUT2D eigenvalue weighted by atomic mass is 32.2. The summed E-state index contributed by atoms with van der Waals surface area (Å²) in [5.41, 5.74) is 3.73. The number of benzene rings is 3. The number of para-hydroxylation sites is 1. The number of hydrogen-bond acceptors (Lipinski definition) is 5. The SMILES string of the molecule is CC(c1ccccc1)n1c(SCC(=O)N(C)Cc2ccc(N(C)C)cc2)nc2ccccc2c1=O. The number of rotatable bonds is 8. The number of hydrogen-bond donors (Lipinski definition) is 0. The lowest BCUT2D eigenvalue weighted by Gasteiger charge is -2.21. The van der Waals surface area contributed by atoms with Crippen LogP contribution in [0.2, 0.25) is 0 Å². The molecule has 0 saturated carbocycles. The molecule has 0 fully saturated rings. The van der Waals surface area contributed by atoms with Crippen molar-refractivity contribution in [1.29, 1.82) is 0 Å². The van der Waals surface area contributed by atoms with Gasteiger partial charge in [0.25, 0.3) is 5.56 Å². The maximum atomic E-state index is 13.5. The minimum absolute atomic E-state index is 0.0204. The Hall–Kier alpha value is -3.58. The maximum Gasteiger partial charge on any atom is 0.262 e. The molecular weight excluding hydrogens is 456 g/mol. The summed E-state index contributed by atoms with van der Waals surface area (Å²) in [6.45, 7) is 2.51. The Morgan fingerprint density at radius 2 is 1.60 bits per heavy atom. The highest BCUT2D eigenvalue weighted by Gasteiger charge is 2.19. The zero-order valence-corrected chi connectivity index (χ0v) is 21.3. The second-order valence-electron chi connectivity index (χ2n) is 8.77. The van der Waals surface area contributed by atoms with Crippen LogP contribution in [0.5, 0.6) is 0 Å². The Kier molecular flexibility index (Phi) is 7.56. The van der Waals surface area contributed by atoms with Crippen molar-refractivity contribution in [2.24, 2.45) is 0 Å². The van der Waals surface area contributed by atoms with E-state index in [1.165, 1.54) is 11.8 Å². The van der Waals surface area contributed by atoms with E-state index in [9.17, 15) is 9.59 Å². The second-order valence-corrected chi connectivity index (χ2v) is 9.72. The van der Waals surface area contributed by atoms with Crippen molar-refractivity contribution < 1.29 is 4.79 Å². The number of amides is 1. The van der Waals surface area contributed by atoms with Gasteiger partial charge in [-0.15, -0.1) is 0 Å². The third-order valence-corrected chi connectivity index (χ3v) is 7.01. The smallest absolute Gasteiger partial charge is 0.262 e. The summed E-state index contributed by atoms with van der Waals surface area (Å²) in [5.74, 6) is 0.173. The van der Waals surface area contributed by atoms with E-state index in [0.29, 0.717) is 22.6 Å². The van der Waals surface area contributed by atoms with Crippen molar-refractivity contribution in [1.82, 2.24) is 14.5 Å². The molecule has 0 aliphatic carbocycles. The van der Waals surface area contributed by atoms with Crippen LogP contribution in [-0.4, -0.2) is 47.3 Å². The first-order valence-electron chi connectivity index (χ1n) is 11.5. The number of carbonyl (C=O) groups is 1. The summed E-state index contributed by atoms with van der Waals surface area (Å²) in [6, 6.07) is 25.2. The highest BCUT2D eigenvalue weighted by Crippen LogP contribution is 2.25. The molecule has 0 bridgehead atoms. The third kappa shape index (κ3) is 5.57. The van der Waals surface area contributed by atoms with E-state index in [2.05, 4.69) is 0 Å². The fourth-order valence-corrected chi connectivity index (χ4v) is 4.96. The van der Waals surface area contributed by atoms with Gasteiger partial charge in [-0.05, 0) is 42.3 Å². The monoisotopic (exact) mass is 486 g/mol. The third-order valence-electron chi connectivity index (χ3n) is 6.07. The zero-order valence-electron chi connectivity index (χ0n) is 20.5. The Labute approximate surface area is 210 Å². The predicted molar refractivity (Wildman–Crippen MR) is 144 cm³/mol. The van der Waals surface area contributed by atoms with E-state index in [1.54, 1.807) is 22.6 Å². The van der Waals surface area contributed by atoms with Gasteiger partial charge in [0.1, 0.15) is 0 Å². The van der Waals surface area contributed by atoms with Gasteiger partial charge in [0, 0.05) is 33.4 Å². The van der Waals surface area contributed by atoms with Crippen molar-refractivity contribution in [2.45, 2.75) is 24.7 Å². The van der Waals surface area contributed by atoms with Crippen molar-refractivity contribution in [2.75, 3.05) is 31.8 Å². The van der Waals surface area contributed by atoms with Crippen LogP contribution in [0.25, 0.3) is 10.9 Å². The topological polar surface area (TPSA) is 58.4 Å². The van der Waals surface area contributed by atoms with E-state index in [1.807, 2.05) is 98.7 Å². The van der Waals surface area contributed by atoms with Crippen LogP contribution >= 0.6 is 11.8 Å². The standard InChI is InChI=1S/C28H30N4O2S/c1-20(22-10-6-5-7-11-22)32-27(34)24-12-8-9-13-25(24)29-28(32)35-19-26(33)31(4)18-21-14-16-23(17-15-21)30(2)3/h5-17,20H,18-19H2,1-4H3. The van der Waals surface area contributed by atoms with Crippen LogP contribution in [0, 0.1) is 0 Å². The van der Waals surface area contributed by atoms with E-state index >= 15 is 0 Å². The summed E-state index contributed by atoms with van der Waals surface area (Å²) in [5, 5.41) is 1.12. The molecular formula is C28H30N4O2S. The van der Waals surface area contributed by atoms with Crippen molar-refractivity contribution in [3.8, 4) is 0 Å². The molecule has 3 aromatic carbocycles. The van der Waals surface area contributed by atoms with Gasteiger partial charge in [-0.1, -0.05) is 66.4 Å². The van der Waals surface area contributed by atoms with Crippen LogP contribution in [0.1, 0.15) is 24.1 Å². The van der Waals surface area contributed by atoms with Gasteiger partial charge in [-0.2, -0.15) is 0 Å². The normalized spacial score (nSPS) is 11.9. The largest absolute Gasteiger partial charge is 0.378 e. The Morgan fingerprint density at radius 1 is 0.943 bits per heavy atom. The van der Waals surface area contributed by atoms with E-state index in [4.69, 9.17) is 4.98 Å². The number of nitrogens with zero attached hydrogens (tertiary/aromatic N) is 4. The summed E-state index contributed by atoms with van der Waals surface area (Å²) in [4.78, 5) is 35.0. The molecule has 1 atom stereocenters. The summed E-state index contributed by atoms with van der Waals surface area (Å²) in [6.07, 6.45) is 0. The van der Waals surface area contributed by atoms with E-state index < -0.39 is 0 Å². The molecule has 4 rings (SSSR count). The fraction of sp³-hybridized carbons (Fsp3) is 0.250. The maximum absolute atomic E-state index is 13.5. The lowest BCUT2D eigenvalue weighted by molar-refractivity contribution is -0.127. The molecule has 1 aromatic heterocycles. The predicted octanol–water partition coefficient (Wildman–Crippen LogP) is 4.82. The molecule has 4 aromatic rings. The minimum atomic E-state index is -0.216. The molecule has 1 amide bonds. The molecule has 0 N–H and O–H groups in total. The number of thioether (sulfide) groups is 1. The first kappa shape index (κ1) is 24.5. The first-order chi connectivity index (χ1) is 16.8. The molecule has 0 aliphatic rings. The number of aromatic nitrogens is 2. The Morgan fingerprint density at radius 3 is 2.29 bits per heavy atom. The molecule has 1 unspecified atom stereocenters. The van der Waals surface area contributed by atoms with E-state index in [-0.39, 0.29) is 23.3 Å². The highest BCUT2D eigenvalue weighted by molar-refractivity contribution is 7.99. The number of fused-ring (bicyclic) bond motifs is 1. The van der Waals surface area contributed by atoms with Crippen LogP contribution in [-0.2, 0) is 11.3 Å².